The summed E-state index contributed by atoms with van der Waals surface area (Å²) < 4.78 is 10.7. The number of thiophene rings is 1. The van der Waals surface area contributed by atoms with Crippen LogP contribution in [0.25, 0.3) is 0 Å². The van der Waals surface area contributed by atoms with Crippen molar-refractivity contribution < 1.29 is 14.3 Å². The van der Waals surface area contributed by atoms with Crippen LogP contribution in [0.4, 0.5) is 0 Å². The highest BCUT2D eigenvalue weighted by molar-refractivity contribution is 7.09. The van der Waals surface area contributed by atoms with Crippen LogP contribution >= 0.6 is 11.3 Å². The molecule has 3 aromatic rings. The molecule has 0 aliphatic carbocycles. The Labute approximate surface area is 205 Å². The number of piperidine rings is 1. The molecule has 1 saturated heterocycles. The molecule has 1 amide bonds. The van der Waals surface area contributed by atoms with Crippen LogP contribution in [0.5, 0.6) is 11.5 Å². The first-order chi connectivity index (χ1) is 16.6. The van der Waals surface area contributed by atoms with Crippen LogP contribution in [0.3, 0.4) is 0 Å². The molecule has 1 aromatic carbocycles. The van der Waals surface area contributed by atoms with E-state index in [1.54, 1.807) is 14.2 Å². The average Bonchev–Trinajstić information content (AvgIpc) is 3.37. The zero-order chi connectivity index (χ0) is 23.9. The monoisotopic (exact) mass is 479 g/mol. The van der Waals surface area contributed by atoms with Gasteiger partial charge in [-0.3, -0.25) is 14.7 Å². The predicted octanol–water partition coefficient (Wildman–Crippen LogP) is 4.82. The first-order valence-corrected chi connectivity index (χ1v) is 12.7. The Morgan fingerprint density at radius 3 is 2.62 bits per heavy atom. The second-order valence-electron chi connectivity index (χ2n) is 8.71. The number of aryl methyl sites for hydroxylation is 1. The molecule has 34 heavy (non-hydrogen) atoms. The van der Waals surface area contributed by atoms with E-state index in [9.17, 15) is 4.79 Å². The Bertz CT molecular complexity index is 1090. The van der Waals surface area contributed by atoms with Crippen molar-refractivity contribution in [2.45, 2.75) is 38.6 Å². The van der Waals surface area contributed by atoms with Crippen molar-refractivity contribution in [2.24, 2.45) is 0 Å². The molecule has 0 spiro atoms. The first kappa shape index (κ1) is 24.2. The van der Waals surface area contributed by atoms with Gasteiger partial charge in [-0.2, -0.15) is 0 Å². The lowest BCUT2D eigenvalue weighted by Gasteiger charge is -2.32. The molecule has 1 aliphatic rings. The summed E-state index contributed by atoms with van der Waals surface area (Å²) in [6.45, 7) is 5.60. The lowest BCUT2D eigenvalue weighted by atomic mass is 9.89. The van der Waals surface area contributed by atoms with Gasteiger partial charge in [-0.1, -0.05) is 12.1 Å². The zero-order valence-corrected chi connectivity index (χ0v) is 21.0. The molecular formula is C27H33N3O3S. The van der Waals surface area contributed by atoms with E-state index in [1.165, 1.54) is 4.88 Å². The van der Waals surface area contributed by atoms with Crippen molar-refractivity contribution >= 4 is 17.2 Å². The van der Waals surface area contributed by atoms with Crippen molar-refractivity contribution in [3.8, 4) is 11.5 Å². The number of rotatable bonds is 9. The minimum absolute atomic E-state index is 0.0519. The normalized spacial score (nSPS) is 14.7. The third-order valence-corrected chi connectivity index (χ3v) is 7.25. The van der Waals surface area contributed by atoms with Crippen molar-refractivity contribution in [2.75, 3.05) is 33.9 Å². The fourth-order valence-electron chi connectivity index (χ4n) is 4.52. The van der Waals surface area contributed by atoms with E-state index >= 15 is 0 Å². The van der Waals surface area contributed by atoms with Crippen LogP contribution in [-0.4, -0.2) is 49.6 Å². The van der Waals surface area contributed by atoms with E-state index in [4.69, 9.17) is 14.5 Å². The Morgan fingerprint density at radius 1 is 1.12 bits per heavy atom. The third-order valence-electron chi connectivity index (χ3n) is 6.39. The Kier molecular flexibility index (Phi) is 8.19. The van der Waals surface area contributed by atoms with Gasteiger partial charge in [0.1, 0.15) is 0 Å². The number of pyridine rings is 1. The Balaban J connectivity index is 1.36. The van der Waals surface area contributed by atoms with E-state index in [1.807, 2.05) is 48.6 Å². The number of likely N-dealkylation sites (tertiary alicyclic amines) is 1. The highest BCUT2D eigenvalue weighted by Crippen LogP contribution is 2.31. The molecule has 1 fully saturated rings. The fourth-order valence-corrected chi connectivity index (χ4v) is 5.27. The molecule has 0 bridgehead atoms. The number of carbonyl (C=O) groups is 1. The summed E-state index contributed by atoms with van der Waals surface area (Å²) in [6, 6.07) is 14.0. The smallest absolute Gasteiger partial charge is 0.253 e. The van der Waals surface area contributed by atoms with Crippen LogP contribution in [0, 0.1) is 6.92 Å². The lowest BCUT2D eigenvalue weighted by molar-refractivity contribution is 0.0951. The summed E-state index contributed by atoms with van der Waals surface area (Å²) in [5.74, 6) is 1.66. The highest BCUT2D eigenvalue weighted by Gasteiger charge is 2.26. The lowest BCUT2D eigenvalue weighted by Crippen LogP contribution is -2.34. The number of nitrogens with zero attached hydrogens (tertiary/aromatic N) is 2. The minimum Gasteiger partial charge on any atom is -0.493 e. The molecule has 6 nitrogen and oxygen atoms in total. The second kappa shape index (κ2) is 11.5. The number of hydrogen-bond acceptors (Lipinski definition) is 6. The summed E-state index contributed by atoms with van der Waals surface area (Å²) in [4.78, 5) is 21.8. The van der Waals surface area contributed by atoms with E-state index in [-0.39, 0.29) is 5.91 Å². The number of amides is 1. The number of methoxy groups -OCH3 is 2. The second-order valence-corrected chi connectivity index (χ2v) is 9.74. The summed E-state index contributed by atoms with van der Waals surface area (Å²) in [7, 11) is 3.25. The third kappa shape index (κ3) is 5.96. The van der Waals surface area contributed by atoms with Crippen molar-refractivity contribution in [1.82, 2.24) is 15.2 Å². The van der Waals surface area contributed by atoms with Crippen LogP contribution in [0.2, 0.25) is 0 Å². The van der Waals surface area contributed by atoms with E-state index < -0.39 is 0 Å². The van der Waals surface area contributed by atoms with Crippen LogP contribution in [-0.2, 0) is 13.0 Å². The van der Waals surface area contributed by atoms with Crippen molar-refractivity contribution in [1.29, 1.82) is 0 Å². The molecule has 0 radical (unpaired) electrons. The summed E-state index contributed by atoms with van der Waals surface area (Å²) in [5.41, 5.74) is 3.69. The van der Waals surface area contributed by atoms with E-state index in [0.717, 1.165) is 49.4 Å². The van der Waals surface area contributed by atoms with Gasteiger partial charge in [-0.25, -0.2) is 0 Å². The number of nitrogens with one attached hydrogen (secondary N) is 1. The number of ether oxygens (including phenoxy) is 2. The molecule has 1 aliphatic heterocycles. The van der Waals surface area contributed by atoms with Gasteiger partial charge in [0.05, 0.1) is 25.5 Å². The molecular weight excluding hydrogens is 446 g/mol. The maximum absolute atomic E-state index is 13.1. The van der Waals surface area contributed by atoms with Gasteiger partial charge in [0, 0.05) is 29.6 Å². The van der Waals surface area contributed by atoms with Gasteiger partial charge in [-0.15, -0.1) is 11.3 Å². The number of benzene rings is 1. The maximum atomic E-state index is 13.1. The summed E-state index contributed by atoms with van der Waals surface area (Å²) in [5, 5.41) is 5.22. The average molecular weight is 480 g/mol. The van der Waals surface area contributed by atoms with Crippen molar-refractivity contribution in [3.63, 3.8) is 0 Å². The number of aromatic nitrogens is 1. The molecule has 3 heterocycles. The van der Waals surface area contributed by atoms with Gasteiger partial charge in [0.2, 0.25) is 0 Å². The molecule has 7 heteroatoms. The fraction of sp³-hybridized carbons (Fsp3) is 0.407. The quantitative estimate of drug-likeness (QED) is 0.477. The molecule has 0 atom stereocenters. The van der Waals surface area contributed by atoms with Gasteiger partial charge >= 0.3 is 0 Å². The van der Waals surface area contributed by atoms with Gasteiger partial charge in [0.25, 0.3) is 5.91 Å². The Hall–Kier alpha value is -2.90. The molecule has 0 saturated carbocycles. The zero-order valence-electron chi connectivity index (χ0n) is 20.2. The SMILES string of the molecule is COc1ccc(CCNC(=O)c2ccc(C)nc2C2CCN(Cc3cccs3)CC2)cc1OC. The van der Waals surface area contributed by atoms with Gasteiger partial charge in [0.15, 0.2) is 11.5 Å². The van der Waals surface area contributed by atoms with Gasteiger partial charge in [-0.05, 0) is 80.6 Å². The topological polar surface area (TPSA) is 63.7 Å². The molecule has 2 aromatic heterocycles. The van der Waals surface area contributed by atoms with Gasteiger partial charge < -0.3 is 14.8 Å². The predicted molar refractivity (Wildman–Crippen MR) is 136 cm³/mol. The Morgan fingerprint density at radius 2 is 1.91 bits per heavy atom. The molecule has 4 rings (SSSR count). The van der Waals surface area contributed by atoms with Crippen LogP contribution in [0.1, 0.15) is 50.9 Å². The van der Waals surface area contributed by atoms with E-state index in [2.05, 4.69) is 27.7 Å². The largest absolute Gasteiger partial charge is 0.493 e. The first-order valence-electron chi connectivity index (χ1n) is 11.8. The van der Waals surface area contributed by atoms with Crippen LogP contribution < -0.4 is 14.8 Å². The number of carbonyl (C=O) groups excluding carboxylic acids is 1. The van der Waals surface area contributed by atoms with E-state index in [0.29, 0.717) is 35.9 Å². The molecule has 0 unspecified atom stereocenters. The minimum atomic E-state index is -0.0519. The molecule has 1 N–H and O–H groups in total. The summed E-state index contributed by atoms with van der Waals surface area (Å²) in [6.07, 6.45) is 2.75. The number of hydrogen-bond donors (Lipinski definition) is 1. The highest BCUT2D eigenvalue weighted by atomic mass is 32.1. The van der Waals surface area contributed by atoms with Crippen LogP contribution in [0.15, 0.2) is 47.8 Å². The maximum Gasteiger partial charge on any atom is 0.253 e. The van der Waals surface area contributed by atoms with Crippen molar-refractivity contribution in [3.05, 3.63) is 75.2 Å². The molecule has 180 valence electrons. The summed E-state index contributed by atoms with van der Waals surface area (Å²) >= 11 is 1.81. The standard InChI is InChI=1S/C27H33N3O3S/c1-19-6-8-23(27(31)28-13-10-20-7-9-24(32-2)25(17-20)33-3)26(29-19)21-11-14-30(15-12-21)18-22-5-4-16-34-22/h4-9,16-17,21H,10-15,18H2,1-3H3,(H,28,31).